The van der Waals surface area contributed by atoms with Gasteiger partial charge in [-0.05, 0) is 58.7 Å². The van der Waals surface area contributed by atoms with Gasteiger partial charge in [0.05, 0.1) is 6.10 Å². The van der Waals surface area contributed by atoms with Crippen molar-refractivity contribution in [3.05, 3.63) is 0 Å². The molecule has 1 fully saturated rings. The molecule has 0 saturated heterocycles. The van der Waals surface area contributed by atoms with Gasteiger partial charge >= 0.3 is 0 Å². The van der Waals surface area contributed by atoms with E-state index < -0.39 is 0 Å². The largest absolute Gasteiger partial charge is 0.378 e. The average molecular weight is 341 g/mol. The zero-order chi connectivity index (χ0) is 17.6. The molecule has 0 aromatic heterocycles. The summed E-state index contributed by atoms with van der Waals surface area (Å²) in [4.78, 5) is 6.80. The van der Waals surface area contributed by atoms with Crippen molar-refractivity contribution >= 4 is 5.96 Å². The van der Waals surface area contributed by atoms with Crippen molar-refractivity contribution < 1.29 is 4.74 Å². The van der Waals surface area contributed by atoms with Crippen LogP contribution in [-0.2, 0) is 4.74 Å². The third-order valence-corrected chi connectivity index (χ3v) is 4.88. The number of ether oxygens (including phenoxy) is 1. The highest BCUT2D eigenvalue weighted by Crippen LogP contribution is 2.20. The maximum Gasteiger partial charge on any atom is 0.191 e. The summed E-state index contributed by atoms with van der Waals surface area (Å²) in [5.74, 6) is 0.909. The lowest BCUT2D eigenvalue weighted by Crippen LogP contribution is -2.43. The molecule has 0 aromatic rings. The topological polar surface area (TPSA) is 48.9 Å². The minimum atomic E-state index is 0.446. The molecule has 5 heteroatoms. The first-order chi connectivity index (χ1) is 11.7. The number of hydrogen-bond acceptors (Lipinski definition) is 3. The molecule has 0 aromatic carbocycles. The van der Waals surface area contributed by atoms with Crippen molar-refractivity contribution in [3.63, 3.8) is 0 Å². The van der Waals surface area contributed by atoms with E-state index in [1.54, 1.807) is 0 Å². The second kappa shape index (κ2) is 13.5. The third-order valence-electron chi connectivity index (χ3n) is 4.88. The first-order valence-corrected chi connectivity index (χ1v) is 10.0. The van der Waals surface area contributed by atoms with Crippen LogP contribution in [0.15, 0.2) is 4.99 Å². The van der Waals surface area contributed by atoms with Crippen LogP contribution in [0.3, 0.4) is 0 Å². The highest BCUT2D eigenvalue weighted by molar-refractivity contribution is 5.79. The summed E-state index contributed by atoms with van der Waals surface area (Å²) in [5, 5.41) is 6.88. The smallest absolute Gasteiger partial charge is 0.191 e. The van der Waals surface area contributed by atoms with Gasteiger partial charge in [-0.15, -0.1) is 0 Å². The molecule has 24 heavy (non-hydrogen) atoms. The van der Waals surface area contributed by atoms with Crippen LogP contribution in [-0.4, -0.2) is 62.8 Å². The molecule has 0 aliphatic heterocycles. The van der Waals surface area contributed by atoms with E-state index in [0.29, 0.717) is 12.1 Å². The summed E-state index contributed by atoms with van der Waals surface area (Å²) in [5.41, 5.74) is 0. The second-order valence-corrected chi connectivity index (χ2v) is 6.84. The number of nitrogens with one attached hydrogen (secondary N) is 2. The third kappa shape index (κ3) is 9.48. The predicted molar refractivity (Wildman–Crippen MR) is 104 cm³/mol. The molecule has 2 N–H and O–H groups in total. The van der Waals surface area contributed by atoms with Crippen molar-refractivity contribution in [2.45, 2.75) is 77.9 Å². The number of guanidine groups is 1. The van der Waals surface area contributed by atoms with Crippen LogP contribution in [0.5, 0.6) is 0 Å². The minimum absolute atomic E-state index is 0.446. The van der Waals surface area contributed by atoms with E-state index in [4.69, 9.17) is 4.74 Å². The Balaban J connectivity index is 2.05. The molecular formula is C19H40N4O. The normalized spacial score (nSPS) is 17.5. The number of nitrogens with zero attached hydrogens (tertiary/aromatic N) is 2. The van der Waals surface area contributed by atoms with Crippen LogP contribution in [0.2, 0.25) is 0 Å². The lowest BCUT2D eigenvalue weighted by Gasteiger charge is -2.21. The summed E-state index contributed by atoms with van der Waals surface area (Å²) in [6.07, 6.45) is 9.13. The van der Waals surface area contributed by atoms with Crippen molar-refractivity contribution in [2.24, 2.45) is 4.99 Å². The molecule has 0 spiro atoms. The fraction of sp³-hybridized carbons (Fsp3) is 0.947. The van der Waals surface area contributed by atoms with E-state index >= 15 is 0 Å². The Kier molecular flexibility index (Phi) is 11.9. The SMILES string of the molecule is CCN(CC)CCCC(C)NC(=NC)NCCCOC1CCCC1. The Bertz CT molecular complexity index is 325. The molecular weight excluding hydrogens is 300 g/mol. The summed E-state index contributed by atoms with van der Waals surface area (Å²) in [7, 11) is 1.84. The van der Waals surface area contributed by atoms with Gasteiger partial charge in [-0.1, -0.05) is 26.7 Å². The molecule has 0 heterocycles. The molecule has 142 valence electrons. The summed E-state index contributed by atoms with van der Waals surface area (Å²) in [6.45, 7) is 11.9. The number of hydrogen-bond donors (Lipinski definition) is 2. The van der Waals surface area contributed by atoms with Gasteiger partial charge in [0.2, 0.25) is 0 Å². The van der Waals surface area contributed by atoms with Crippen LogP contribution in [0.1, 0.15) is 65.7 Å². The summed E-state index contributed by atoms with van der Waals surface area (Å²) in [6, 6.07) is 0.446. The molecule has 0 amide bonds. The van der Waals surface area contributed by atoms with E-state index in [-0.39, 0.29) is 0 Å². The highest BCUT2D eigenvalue weighted by Gasteiger charge is 2.14. The Morgan fingerprint density at radius 1 is 1.21 bits per heavy atom. The van der Waals surface area contributed by atoms with Gasteiger partial charge in [0, 0.05) is 26.2 Å². The van der Waals surface area contributed by atoms with E-state index in [1.165, 1.54) is 45.1 Å². The molecule has 1 unspecified atom stereocenters. The zero-order valence-corrected chi connectivity index (χ0v) is 16.4. The molecule has 1 rings (SSSR count). The van der Waals surface area contributed by atoms with Crippen LogP contribution >= 0.6 is 0 Å². The lowest BCUT2D eigenvalue weighted by atomic mass is 10.2. The van der Waals surface area contributed by atoms with Gasteiger partial charge in [-0.3, -0.25) is 4.99 Å². The van der Waals surface area contributed by atoms with E-state index in [2.05, 4.69) is 41.3 Å². The van der Waals surface area contributed by atoms with Crippen molar-refractivity contribution in [1.82, 2.24) is 15.5 Å². The Morgan fingerprint density at radius 3 is 2.54 bits per heavy atom. The van der Waals surface area contributed by atoms with Crippen molar-refractivity contribution in [2.75, 3.05) is 39.8 Å². The fourth-order valence-corrected chi connectivity index (χ4v) is 3.25. The Morgan fingerprint density at radius 2 is 1.92 bits per heavy atom. The fourth-order valence-electron chi connectivity index (χ4n) is 3.25. The standard InChI is InChI=1S/C19H40N4O/c1-5-23(6-2)15-9-11-17(3)22-19(20-4)21-14-10-16-24-18-12-7-8-13-18/h17-18H,5-16H2,1-4H3,(H2,20,21,22). The van der Waals surface area contributed by atoms with Crippen LogP contribution in [0.4, 0.5) is 0 Å². The average Bonchev–Trinajstić information content (AvgIpc) is 3.10. The molecule has 1 saturated carbocycles. The van der Waals surface area contributed by atoms with Crippen LogP contribution in [0.25, 0.3) is 0 Å². The lowest BCUT2D eigenvalue weighted by molar-refractivity contribution is 0.0574. The zero-order valence-electron chi connectivity index (χ0n) is 16.4. The Labute approximate surface area is 149 Å². The molecule has 5 nitrogen and oxygen atoms in total. The van der Waals surface area contributed by atoms with Crippen LogP contribution < -0.4 is 10.6 Å². The van der Waals surface area contributed by atoms with E-state index in [0.717, 1.165) is 38.6 Å². The van der Waals surface area contributed by atoms with Gasteiger partial charge in [0.25, 0.3) is 0 Å². The summed E-state index contributed by atoms with van der Waals surface area (Å²) < 4.78 is 5.89. The monoisotopic (exact) mass is 340 g/mol. The Hall–Kier alpha value is -0.810. The van der Waals surface area contributed by atoms with Gasteiger partial charge in [0.1, 0.15) is 0 Å². The van der Waals surface area contributed by atoms with E-state index in [1.807, 2.05) is 7.05 Å². The number of aliphatic imine (C=N–C) groups is 1. The van der Waals surface area contributed by atoms with E-state index in [9.17, 15) is 0 Å². The molecule has 1 atom stereocenters. The molecule has 1 aliphatic rings. The van der Waals surface area contributed by atoms with Crippen molar-refractivity contribution in [3.8, 4) is 0 Å². The van der Waals surface area contributed by atoms with Gasteiger partial charge in [0.15, 0.2) is 5.96 Å². The first kappa shape index (κ1) is 21.2. The summed E-state index contributed by atoms with van der Waals surface area (Å²) >= 11 is 0. The maximum absolute atomic E-state index is 5.89. The van der Waals surface area contributed by atoms with Crippen molar-refractivity contribution in [1.29, 1.82) is 0 Å². The quantitative estimate of drug-likeness (QED) is 0.326. The molecule has 0 radical (unpaired) electrons. The molecule has 0 bridgehead atoms. The first-order valence-electron chi connectivity index (χ1n) is 10.0. The minimum Gasteiger partial charge on any atom is -0.378 e. The predicted octanol–water partition coefficient (Wildman–Crippen LogP) is 3.01. The highest BCUT2D eigenvalue weighted by atomic mass is 16.5. The van der Waals surface area contributed by atoms with Gasteiger partial charge in [-0.25, -0.2) is 0 Å². The van der Waals surface area contributed by atoms with Crippen LogP contribution in [0, 0.1) is 0 Å². The maximum atomic E-state index is 5.89. The van der Waals surface area contributed by atoms with Gasteiger partial charge < -0.3 is 20.3 Å². The second-order valence-electron chi connectivity index (χ2n) is 6.84. The molecule has 1 aliphatic carbocycles. The van der Waals surface area contributed by atoms with Gasteiger partial charge in [-0.2, -0.15) is 0 Å². The number of rotatable bonds is 12.